The number of benzene rings is 1. The number of pyridine rings is 1. The van der Waals surface area contributed by atoms with E-state index in [1.165, 1.54) is 6.20 Å². The molecule has 20 heavy (non-hydrogen) atoms. The van der Waals surface area contributed by atoms with Crippen molar-refractivity contribution < 1.29 is 4.74 Å². The van der Waals surface area contributed by atoms with Crippen molar-refractivity contribution in [2.75, 3.05) is 0 Å². The molecule has 0 aliphatic rings. The quantitative estimate of drug-likeness (QED) is 0.812. The van der Waals surface area contributed by atoms with Gasteiger partial charge in [-0.05, 0) is 36.1 Å². The van der Waals surface area contributed by atoms with Crippen molar-refractivity contribution in [2.24, 2.45) is 0 Å². The number of ether oxygens (including phenoxy) is 1. The number of aryl methyl sites for hydroxylation is 1. The van der Waals surface area contributed by atoms with Crippen LogP contribution in [0.1, 0.15) is 36.5 Å². The fourth-order valence-electron chi connectivity index (χ4n) is 1.89. The van der Waals surface area contributed by atoms with Crippen LogP contribution in [0.5, 0.6) is 11.6 Å². The van der Waals surface area contributed by atoms with Crippen molar-refractivity contribution in [3.05, 3.63) is 52.2 Å². The molecule has 0 saturated carbocycles. The maximum atomic E-state index is 8.98. The molecule has 0 radical (unpaired) electrons. The first kappa shape index (κ1) is 14.4. The summed E-state index contributed by atoms with van der Waals surface area (Å²) < 4.78 is 5.83. The Labute approximate surface area is 123 Å². The van der Waals surface area contributed by atoms with Gasteiger partial charge in [-0.1, -0.05) is 37.6 Å². The third-order valence-corrected chi connectivity index (χ3v) is 3.34. The second kappa shape index (κ2) is 5.94. The van der Waals surface area contributed by atoms with Gasteiger partial charge in [-0.25, -0.2) is 4.98 Å². The Hall–Kier alpha value is -2.05. The van der Waals surface area contributed by atoms with Gasteiger partial charge in [0, 0.05) is 6.20 Å². The van der Waals surface area contributed by atoms with Crippen LogP contribution >= 0.6 is 11.6 Å². The van der Waals surface area contributed by atoms with E-state index >= 15 is 0 Å². The van der Waals surface area contributed by atoms with Gasteiger partial charge < -0.3 is 4.74 Å². The van der Waals surface area contributed by atoms with Crippen LogP contribution in [0, 0.1) is 18.3 Å². The minimum absolute atomic E-state index is 0.242. The van der Waals surface area contributed by atoms with Crippen molar-refractivity contribution >= 4 is 11.6 Å². The number of rotatable bonds is 3. The maximum absolute atomic E-state index is 8.98. The standard InChI is InChI=1S/C16H15ClN2O/c1-10(2)13-5-4-11(3)8-14(13)20-16-15(17)12(9-18)6-7-19-16/h4-8,10H,1-3H3. The maximum Gasteiger partial charge on any atom is 0.239 e. The highest BCUT2D eigenvalue weighted by atomic mass is 35.5. The van der Waals surface area contributed by atoms with Gasteiger partial charge in [0.1, 0.15) is 16.8 Å². The highest BCUT2D eigenvalue weighted by Gasteiger charge is 2.13. The Balaban J connectivity index is 2.45. The average molecular weight is 287 g/mol. The van der Waals surface area contributed by atoms with E-state index < -0.39 is 0 Å². The first-order valence-corrected chi connectivity index (χ1v) is 6.73. The molecular weight excluding hydrogens is 272 g/mol. The summed E-state index contributed by atoms with van der Waals surface area (Å²) in [4.78, 5) is 4.11. The summed E-state index contributed by atoms with van der Waals surface area (Å²) in [7, 11) is 0. The van der Waals surface area contributed by atoms with Crippen LogP contribution in [-0.4, -0.2) is 4.98 Å². The van der Waals surface area contributed by atoms with Gasteiger partial charge in [0.25, 0.3) is 0 Å². The molecule has 4 heteroatoms. The summed E-state index contributed by atoms with van der Waals surface area (Å²) in [5.74, 6) is 1.31. The number of halogens is 1. The average Bonchev–Trinajstić information content (AvgIpc) is 2.41. The van der Waals surface area contributed by atoms with Crippen LogP contribution in [0.3, 0.4) is 0 Å². The summed E-state index contributed by atoms with van der Waals surface area (Å²) in [6, 6.07) is 9.62. The zero-order valence-corrected chi connectivity index (χ0v) is 12.4. The van der Waals surface area contributed by atoms with E-state index in [-0.39, 0.29) is 10.9 Å². The summed E-state index contributed by atoms with van der Waals surface area (Å²) in [5.41, 5.74) is 2.53. The third kappa shape index (κ3) is 2.92. The van der Waals surface area contributed by atoms with E-state index in [2.05, 4.69) is 18.8 Å². The molecule has 0 spiro atoms. The van der Waals surface area contributed by atoms with Crippen molar-refractivity contribution in [3.8, 4) is 17.7 Å². The Bertz CT molecular complexity index is 675. The van der Waals surface area contributed by atoms with Gasteiger partial charge in [0.05, 0.1) is 5.56 Å². The number of nitriles is 1. The molecule has 0 unspecified atom stereocenters. The van der Waals surface area contributed by atoms with Crippen molar-refractivity contribution in [1.29, 1.82) is 5.26 Å². The van der Waals surface area contributed by atoms with Crippen LogP contribution in [0.25, 0.3) is 0 Å². The number of hydrogen-bond donors (Lipinski definition) is 0. The minimum Gasteiger partial charge on any atom is -0.437 e. The first-order chi connectivity index (χ1) is 9.52. The Kier molecular flexibility index (Phi) is 4.26. The molecule has 0 atom stereocenters. The zero-order valence-electron chi connectivity index (χ0n) is 11.6. The second-order valence-electron chi connectivity index (χ2n) is 4.89. The Morgan fingerprint density at radius 3 is 2.70 bits per heavy atom. The van der Waals surface area contributed by atoms with Crippen molar-refractivity contribution in [3.63, 3.8) is 0 Å². The van der Waals surface area contributed by atoms with Gasteiger partial charge in [-0.3, -0.25) is 0 Å². The predicted octanol–water partition coefficient (Wildman–Crippen LogP) is 4.83. The summed E-state index contributed by atoms with van der Waals surface area (Å²) in [6.45, 7) is 6.19. The minimum atomic E-state index is 0.242. The SMILES string of the molecule is Cc1ccc(C(C)C)c(Oc2nccc(C#N)c2Cl)c1. The lowest BCUT2D eigenvalue weighted by molar-refractivity contribution is 0.454. The summed E-state index contributed by atoms with van der Waals surface area (Å²) in [6.07, 6.45) is 1.52. The van der Waals surface area contributed by atoms with Crippen LogP contribution in [0.15, 0.2) is 30.5 Å². The highest BCUT2D eigenvalue weighted by Crippen LogP contribution is 2.34. The summed E-state index contributed by atoms with van der Waals surface area (Å²) >= 11 is 6.12. The lowest BCUT2D eigenvalue weighted by atomic mass is 10.0. The van der Waals surface area contributed by atoms with Gasteiger partial charge in [-0.15, -0.1) is 0 Å². The highest BCUT2D eigenvalue weighted by molar-refractivity contribution is 6.33. The molecule has 2 aromatic rings. The van der Waals surface area contributed by atoms with E-state index in [1.807, 2.05) is 31.2 Å². The van der Waals surface area contributed by atoms with E-state index in [9.17, 15) is 0 Å². The van der Waals surface area contributed by atoms with Gasteiger partial charge in [0.2, 0.25) is 5.88 Å². The van der Waals surface area contributed by atoms with Crippen LogP contribution in [0.4, 0.5) is 0 Å². The molecule has 0 bridgehead atoms. The van der Waals surface area contributed by atoms with Crippen LogP contribution in [-0.2, 0) is 0 Å². The normalized spacial score (nSPS) is 10.4. The summed E-state index contributed by atoms with van der Waals surface area (Å²) in [5, 5.41) is 9.22. The molecular formula is C16H15ClN2O. The van der Waals surface area contributed by atoms with E-state index in [0.29, 0.717) is 11.5 Å². The smallest absolute Gasteiger partial charge is 0.239 e. The van der Waals surface area contributed by atoms with Crippen LogP contribution in [0.2, 0.25) is 5.02 Å². The molecule has 1 aromatic carbocycles. The largest absolute Gasteiger partial charge is 0.437 e. The lowest BCUT2D eigenvalue weighted by Crippen LogP contribution is -1.97. The Morgan fingerprint density at radius 1 is 1.30 bits per heavy atom. The van der Waals surface area contributed by atoms with E-state index in [0.717, 1.165) is 16.9 Å². The topological polar surface area (TPSA) is 45.9 Å². The van der Waals surface area contributed by atoms with E-state index in [4.69, 9.17) is 21.6 Å². The second-order valence-corrected chi connectivity index (χ2v) is 5.27. The molecule has 1 aromatic heterocycles. The molecule has 0 amide bonds. The van der Waals surface area contributed by atoms with E-state index in [1.54, 1.807) is 6.07 Å². The zero-order chi connectivity index (χ0) is 14.7. The number of hydrogen-bond acceptors (Lipinski definition) is 3. The molecule has 0 saturated heterocycles. The molecule has 0 fully saturated rings. The third-order valence-electron chi connectivity index (χ3n) is 2.98. The van der Waals surface area contributed by atoms with Gasteiger partial charge >= 0.3 is 0 Å². The van der Waals surface area contributed by atoms with Gasteiger partial charge in [-0.2, -0.15) is 5.26 Å². The molecule has 2 rings (SSSR count). The number of aromatic nitrogens is 1. The molecule has 102 valence electrons. The van der Waals surface area contributed by atoms with Gasteiger partial charge in [0.15, 0.2) is 0 Å². The Morgan fingerprint density at radius 2 is 2.05 bits per heavy atom. The molecule has 3 nitrogen and oxygen atoms in total. The van der Waals surface area contributed by atoms with Crippen molar-refractivity contribution in [2.45, 2.75) is 26.7 Å². The first-order valence-electron chi connectivity index (χ1n) is 6.36. The van der Waals surface area contributed by atoms with Crippen molar-refractivity contribution in [1.82, 2.24) is 4.98 Å². The van der Waals surface area contributed by atoms with Crippen LogP contribution < -0.4 is 4.74 Å². The molecule has 0 N–H and O–H groups in total. The monoisotopic (exact) mass is 286 g/mol. The fraction of sp³-hybridized carbons (Fsp3) is 0.250. The lowest BCUT2D eigenvalue weighted by Gasteiger charge is -2.14. The predicted molar refractivity (Wildman–Crippen MR) is 79.3 cm³/mol. The number of nitrogens with zero attached hydrogens (tertiary/aromatic N) is 2. The molecule has 0 aliphatic heterocycles. The molecule has 1 heterocycles. The fourth-order valence-corrected chi connectivity index (χ4v) is 2.09. The molecule has 0 aliphatic carbocycles.